The summed E-state index contributed by atoms with van der Waals surface area (Å²) in [5.74, 6) is -1.47. The number of rotatable bonds is 12. The molecule has 0 radical (unpaired) electrons. The Morgan fingerprint density at radius 3 is 2.15 bits per heavy atom. The van der Waals surface area contributed by atoms with Gasteiger partial charge < -0.3 is 10.2 Å². The van der Waals surface area contributed by atoms with Gasteiger partial charge in [-0.2, -0.15) is 0 Å². The Morgan fingerprint density at radius 2 is 1.56 bits per heavy atom. The number of halogens is 3. The molecule has 0 aliphatic heterocycles. The molecule has 0 aliphatic rings. The number of benzene rings is 3. The van der Waals surface area contributed by atoms with E-state index in [0.29, 0.717) is 15.6 Å². The molecule has 0 spiro atoms. The van der Waals surface area contributed by atoms with E-state index in [2.05, 4.69) is 5.32 Å². The number of nitrogens with zero attached hydrogens (tertiary/aromatic N) is 2. The molecule has 39 heavy (non-hydrogen) atoms. The van der Waals surface area contributed by atoms with Gasteiger partial charge in [0.25, 0.3) is 0 Å². The Hall–Kier alpha value is -3.14. The second-order valence-corrected chi connectivity index (χ2v) is 11.7. The molecular weight excluding hydrogens is 564 g/mol. The van der Waals surface area contributed by atoms with Crippen LogP contribution in [0.1, 0.15) is 24.0 Å². The molecule has 2 amide bonds. The molecule has 1 N–H and O–H groups in total. The molecule has 0 heterocycles. The van der Waals surface area contributed by atoms with E-state index in [0.717, 1.165) is 16.1 Å². The van der Waals surface area contributed by atoms with E-state index in [1.807, 2.05) is 30.3 Å². The zero-order chi connectivity index (χ0) is 28.6. The van der Waals surface area contributed by atoms with Crippen LogP contribution in [0.3, 0.4) is 0 Å². The largest absolute Gasteiger partial charge is 0.357 e. The van der Waals surface area contributed by atoms with Gasteiger partial charge in [0.15, 0.2) is 0 Å². The fourth-order valence-electron chi connectivity index (χ4n) is 4.21. The van der Waals surface area contributed by atoms with Gasteiger partial charge in [-0.15, -0.1) is 0 Å². The fraction of sp³-hybridized carbons (Fsp3) is 0.286. The molecule has 0 saturated carbocycles. The lowest BCUT2D eigenvalue weighted by Gasteiger charge is -2.32. The molecule has 3 aromatic carbocycles. The molecule has 1 atom stereocenters. The zero-order valence-electron chi connectivity index (χ0n) is 21.6. The third-order valence-corrected chi connectivity index (χ3v) is 8.07. The van der Waals surface area contributed by atoms with Gasteiger partial charge >= 0.3 is 0 Å². The average Bonchev–Trinajstić information content (AvgIpc) is 2.90. The summed E-state index contributed by atoms with van der Waals surface area (Å²) in [4.78, 5) is 28.1. The Bertz CT molecular complexity index is 1390. The molecule has 11 heteroatoms. The number of amides is 2. The van der Waals surface area contributed by atoms with Gasteiger partial charge in [0.2, 0.25) is 21.8 Å². The van der Waals surface area contributed by atoms with Crippen LogP contribution >= 0.6 is 23.2 Å². The first-order valence-electron chi connectivity index (χ1n) is 12.2. The van der Waals surface area contributed by atoms with Crippen molar-refractivity contribution in [3.8, 4) is 0 Å². The summed E-state index contributed by atoms with van der Waals surface area (Å²) in [5.41, 5.74) is 1.23. The minimum atomic E-state index is -3.82. The smallest absolute Gasteiger partial charge is 0.242 e. The first-order chi connectivity index (χ1) is 18.5. The third-order valence-electron chi connectivity index (χ3n) is 6.18. The van der Waals surface area contributed by atoms with Crippen LogP contribution in [0.2, 0.25) is 10.0 Å². The molecule has 0 bridgehead atoms. The van der Waals surface area contributed by atoms with Crippen molar-refractivity contribution in [3.05, 3.63) is 99.8 Å². The third kappa shape index (κ3) is 8.17. The lowest BCUT2D eigenvalue weighted by molar-refractivity contribution is -0.141. The van der Waals surface area contributed by atoms with Crippen molar-refractivity contribution in [3.63, 3.8) is 0 Å². The van der Waals surface area contributed by atoms with Crippen molar-refractivity contribution in [2.45, 2.75) is 31.8 Å². The number of likely N-dealkylation sites (N-methyl/N-ethyl adjacent to an activating group) is 1. The molecule has 0 aromatic heterocycles. The maximum Gasteiger partial charge on any atom is 0.242 e. The minimum Gasteiger partial charge on any atom is -0.357 e. The normalized spacial score (nSPS) is 12.0. The van der Waals surface area contributed by atoms with Gasteiger partial charge in [0.05, 0.1) is 11.9 Å². The highest BCUT2D eigenvalue weighted by Crippen LogP contribution is 2.28. The van der Waals surface area contributed by atoms with Crippen molar-refractivity contribution in [1.82, 2.24) is 10.2 Å². The maximum atomic E-state index is 14.4. The lowest BCUT2D eigenvalue weighted by atomic mass is 10.0. The second-order valence-electron chi connectivity index (χ2n) is 8.93. The van der Waals surface area contributed by atoms with Crippen LogP contribution in [-0.4, -0.2) is 51.0 Å². The van der Waals surface area contributed by atoms with Gasteiger partial charge in [0.1, 0.15) is 11.9 Å². The van der Waals surface area contributed by atoms with E-state index < -0.39 is 27.8 Å². The predicted molar refractivity (Wildman–Crippen MR) is 153 cm³/mol. The van der Waals surface area contributed by atoms with Gasteiger partial charge in [-0.05, 0) is 36.2 Å². The lowest BCUT2D eigenvalue weighted by Crippen LogP contribution is -2.50. The summed E-state index contributed by atoms with van der Waals surface area (Å²) >= 11 is 12.8. The van der Waals surface area contributed by atoms with Crippen LogP contribution in [0, 0.1) is 5.82 Å². The van der Waals surface area contributed by atoms with Crippen LogP contribution in [0.4, 0.5) is 10.1 Å². The molecule has 3 rings (SSSR count). The van der Waals surface area contributed by atoms with Crippen LogP contribution in [0.15, 0.2) is 72.8 Å². The van der Waals surface area contributed by atoms with Gasteiger partial charge in [0, 0.05) is 48.6 Å². The number of para-hydroxylation sites is 1. The first-order valence-corrected chi connectivity index (χ1v) is 14.8. The van der Waals surface area contributed by atoms with Gasteiger partial charge in [-0.3, -0.25) is 13.9 Å². The zero-order valence-corrected chi connectivity index (χ0v) is 23.9. The molecule has 0 unspecified atom stereocenters. The SMILES string of the molecule is CNC(=O)[C@@H](Cc1ccccc1)N(Cc1c(Cl)cccc1Cl)C(=O)CCCN(c1ccccc1F)S(C)(=O)=O. The number of carbonyl (C=O) groups is 2. The van der Waals surface area contributed by atoms with Crippen molar-refractivity contribution in [2.75, 3.05) is 24.2 Å². The summed E-state index contributed by atoms with van der Waals surface area (Å²) in [6.07, 6.45) is 1.19. The number of sulfonamides is 1. The van der Waals surface area contributed by atoms with Crippen LogP contribution in [0.5, 0.6) is 0 Å². The fourth-order valence-corrected chi connectivity index (χ4v) is 5.69. The highest BCUT2D eigenvalue weighted by molar-refractivity contribution is 7.92. The summed E-state index contributed by atoms with van der Waals surface area (Å²) < 4.78 is 40.2. The van der Waals surface area contributed by atoms with E-state index >= 15 is 0 Å². The Labute approximate surface area is 238 Å². The number of carbonyl (C=O) groups excluding carboxylic acids is 2. The summed E-state index contributed by atoms with van der Waals surface area (Å²) in [6, 6.07) is 18.9. The monoisotopic (exact) mass is 593 g/mol. The number of nitrogens with one attached hydrogen (secondary N) is 1. The Morgan fingerprint density at radius 1 is 0.949 bits per heavy atom. The summed E-state index contributed by atoms with van der Waals surface area (Å²) in [7, 11) is -2.33. The molecular formula is C28H30Cl2FN3O4S. The van der Waals surface area contributed by atoms with Crippen LogP contribution in [0.25, 0.3) is 0 Å². The van der Waals surface area contributed by atoms with Crippen LogP contribution < -0.4 is 9.62 Å². The van der Waals surface area contributed by atoms with Crippen molar-refractivity contribution in [2.24, 2.45) is 0 Å². The van der Waals surface area contributed by atoms with E-state index in [1.165, 1.54) is 36.2 Å². The van der Waals surface area contributed by atoms with Crippen molar-refractivity contribution < 1.29 is 22.4 Å². The van der Waals surface area contributed by atoms with Crippen LogP contribution in [-0.2, 0) is 32.6 Å². The van der Waals surface area contributed by atoms with Crippen molar-refractivity contribution in [1.29, 1.82) is 0 Å². The average molecular weight is 595 g/mol. The van der Waals surface area contributed by atoms with Gasteiger partial charge in [-0.25, -0.2) is 12.8 Å². The first kappa shape index (κ1) is 30.4. The minimum absolute atomic E-state index is 0.0363. The van der Waals surface area contributed by atoms with Gasteiger partial charge in [-0.1, -0.05) is 71.7 Å². The highest BCUT2D eigenvalue weighted by atomic mass is 35.5. The standard InChI is InChI=1S/C28H30Cl2FN3O4S/c1-32-28(36)26(18-20-10-4-3-5-11-20)33(19-21-22(29)12-8-13-23(21)30)27(35)16-9-17-34(39(2,37)38)25-15-7-6-14-24(25)31/h3-8,10-15,26H,9,16-19H2,1-2H3,(H,32,36)/t26-/m1/s1. The Balaban J connectivity index is 1.90. The topological polar surface area (TPSA) is 86.8 Å². The molecule has 0 fully saturated rings. The number of hydrogen-bond acceptors (Lipinski definition) is 4. The second kappa shape index (κ2) is 13.8. The molecule has 7 nitrogen and oxygen atoms in total. The van der Waals surface area contributed by atoms with E-state index in [1.54, 1.807) is 18.2 Å². The van der Waals surface area contributed by atoms with E-state index in [-0.39, 0.29) is 43.9 Å². The quantitative estimate of drug-likeness (QED) is 0.318. The molecule has 0 saturated heterocycles. The number of anilines is 1. The summed E-state index contributed by atoms with van der Waals surface area (Å²) in [5, 5.41) is 3.32. The van der Waals surface area contributed by atoms with E-state index in [4.69, 9.17) is 23.2 Å². The molecule has 0 aliphatic carbocycles. The highest BCUT2D eigenvalue weighted by Gasteiger charge is 2.31. The Kier molecular flexibility index (Phi) is 10.7. The molecule has 208 valence electrons. The summed E-state index contributed by atoms with van der Waals surface area (Å²) in [6.45, 7) is -0.166. The van der Waals surface area contributed by atoms with E-state index in [9.17, 15) is 22.4 Å². The predicted octanol–water partition coefficient (Wildman–Crippen LogP) is 5.06. The molecule has 3 aromatic rings. The number of hydrogen-bond donors (Lipinski definition) is 1. The van der Waals surface area contributed by atoms with Crippen molar-refractivity contribution >= 4 is 50.7 Å². The maximum absolute atomic E-state index is 14.4.